The Balaban J connectivity index is 2.68. The summed E-state index contributed by atoms with van der Waals surface area (Å²) in [6.45, 7) is 8.60. The molecule has 1 aliphatic carbocycles. The molecule has 0 aromatic heterocycles. The maximum absolute atomic E-state index is 12.3. The van der Waals surface area contributed by atoms with Gasteiger partial charge in [-0.3, -0.25) is 4.79 Å². The van der Waals surface area contributed by atoms with Crippen molar-refractivity contribution in [2.24, 2.45) is 5.92 Å². The molecule has 132 valence electrons. The van der Waals surface area contributed by atoms with Gasteiger partial charge in [0.05, 0.1) is 0 Å². The summed E-state index contributed by atoms with van der Waals surface area (Å²) in [6, 6.07) is -2.12. The zero-order valence-electron chi connectivity index (χ0n) is 14.1. The van der Waals surface area contributed by atoms with E-state index in [0.717, 1.165) is 0 Å². The highest BCUT2D eigenvalue weighted by Gasteiger charge is 2.29. The predicted molar refractivity (Wildman–Crippen MR) is 89.3 cm³/mol. The summed E-state index contributed by atoms with van der Waals surface area (Å²) < 4.78 is 5.20. The van der Waals surface area contributed by atoms with Crippen LogP contribution in [0.2, 0.25) is 0 Å². The molecule has 0 aliphatic heterocycles. The number of alkyl carbamates (subject to hydrolysis) is 1. The van der Waals surface area contributed by atoms with Gasteiger partial charge in [0.15, 0.2) is 0 Å². The highest BCUT2D eigenvalue weighted by Crippen LogP contribution is 2.09. The Hall–Kier alpha value is -2.57. The second-order valence-electron chi connectivity index (χ2n) is 5.98. The highest BCUT2D eigenvalue weighted by molar-refractivity contribution is 5.91. The second kappa shape index (κ2) is 8.90. The predicted octanol–water partition coefficient (Wildman–Crippen LogP) is 1.77. The van der Waals surface area contributed by atoms with Gasteiger partial charge in [-0.1, -0.05) is 38.7 Å². The Morgan fingerprint density at radius 1 is 1.25 bits per heavy atom. The Labute approximate surface area is 141 Å². The topological polar surface area (TPSA) is 105 Å². The number of carbonyl (C=O) groups excluding carboxylic acids is 2. The molecule has 24 heavy (non-hydrogen) atoms. The lowest BCUT2D eigenvalue weighted by atomic mass is 10.0. The fraction of sp³-hybridized carbons (Fsp3) is 0.471. The van der Waals surface area contributed by atoms with Crippen LogP contribution in [-0.4, -0.2) is 41.3 Å². The number of ether oxygens (including phenoxy) is 1. The summed E-state index contributed by atoms with van der Waals surface area (Å²) in [6.07, 6.45) is 6.60. The van der Waals surface area contributed by atoms with E-state index in [1.165, 1.54) is 0 Å². The SMILES string of the molecule is C=C(C)C(NC(=O)OC1C=CC=CC1)C(=O)NC(C(=O)O)C(C)C. The smallest absolute Gasteiger partial charge is 0.408 e. The number of allylic oxidation sites excluding steroid dienone is 2. The lowest BCUT2D eigenvalue weighted by Gasteiger charge is -2.24. The molecule has 2 amide bonds. The summed E-state index contributed by atoms with van der Waals surface area (Å²) in [5.41, 5.74) is 0.372. The monoisotopic (exact) mass is 336 g/mol. The van der Waals surface area contributed by atoms with Gasteiger partial charge in [-0.2, -0.15) is 0 Å². The average Bonchev–Trinajstić information content (AvgIpc) is 2.50. The summed E-state index contributed by atoms with van der Waals surface area (Å²) >= 11 is 0. The zero-order valence-corrected chi connectivity index (χ0v) is 14.1. The first-order chi connectivity index (χ1) is 11.2. The van der Waals surface area contributed by atoms with Crippen molar-refractivity contribution in [3.63, 3.8) is 0 Å². The number of rotatable bonds is 7. The third-order valence-corrected chi connectivity index (χ3v) is 3.45. The fourth-order valence-electron chi connectivity index (χ4n) is 2.10. The number of carboxylic acids is 1. The number of hydrogen-bond acceptors (Lipinski definition) is 4. The van der Waals surface area contributed by atoms with Gasteiger partial charge in [-0.05, 0) is 24.5 Å². The highest BCUT2D eigenvalue weighted by atomic mass is 16.6. The molecule has 0 radical (unpaired) electrons. The van der Waals surface area contributed by atoms with Gasteiger partial charge in [0, 0.05) is 6.42 Å². The van der Waals surface area contributed by atoms with Crippen LogP contribution in [0, 0.1) is 5.92 Å². The Kier molecular flexibility index (Phi) is 7.23. The molecule has 0 aromatic carbocycles. The molecule has 0 fully saturated rings. The quantitative estimate of drug-likeness (QED) is 0.615. The Bertz CT molecular complexity index is 565. The molecule has 7 nitrogen and oxygen atoms in total. The van der Waals surface area contributed by atoms with E-state index >= 15 is 0 Å². The normalized spacial score (nSPS) is 18.6. The molecule has 3 atom stereocenters. The van der Waals surface area contributed by atoms with Crippen LogP contribution in [-0.2, 0) is 14.3 Å². The number of aliphatic carboxylic acids is 1. The van der Waals surface area contributed by atoms with E-state index < -0.39 is 36.2 Å². The first-order valence-corrected chi connectivity index (χ1v) is 7.71. The van der Waals surface area contributed by atoms with Crippen LogP contribution in [0.25, 0.3) is 0 Å². The van der Waals surface area contributed by atoms with E-state index in [0.29, 0.717) is 12.0 Å². The van der Waals surface area contributed by atoms with Crippen molar-refractivity contribution < 1.29 is 24.2 Å². The maximum atomic E-state index is 12.3. The summed E-state index contributed by atoms with van der Waals surface area (Å²) in [4.78, 5) is 35.4. The molecule has 0 saturated heterocycles. The minimum atomic E-state index is -1.14. The van der Waals surface area contributed by atoms with Crippen molar-refractivity contribution in [1.82, 2.24) is 10.6 Å². The molecule has 3 unspecified atom stereocenters. The second-order valence-corrected chi connectivity index (χ2v) is 5.98. The van der Waals surface area contributed by atoms with Gasteiger partial charge in [-0.25, -0.2) is 9.59 Å². The Morgan fingerprint density at radius 2 is 1.92 bits per heavy atom. The molecule has 1 rings (SSSR count). The van der Waals surface area contributed by atoms with E-state index in [1.807, 2.05) is 12.2 Å². The van der Waals surface area contributed by atoms with Crippen molar-refractivity contribution >= 4 is 18.0 Å². The summed E-state index contributed by atoms with van der Waals surface area (Å²) in [5, 5.41) is 14.0. The van der Waals surface area contributed by atoms with Crippen LogP contribution in [0.15, 0.2) is 36.5 Å². The zero-order chi connectivity index (χ0) is 18.3. The molecule has 0 saturated carbocycles. The fourth-order valence-corrected chi connectivity index (χ4v) is 2.10. The first kappa shape index (κ1) is 19.5. The minimum absolute atomic E-state index is 0.302. The van der Waals surface area contributed by atoms with Crippen LogP contribution < -0.4 is 10.6 Å². The molecule has 7 heteroatoms. The molecule has 3 N–H and O–H groups in total. The first-order valence-electron chi connectivity index (χ1n) is 7.71. The van der Waals surface area contributed by atoms with E-state index in [-0.39, 0.29) is 5.92 Å². The van der Waals surface area contributed by atoms with Gasteiger partial charge in [0.1, 0.15) is 18.2 Å². The number of carbonyl (C=O) groups is 3. The largest absolute Gasteiger partial charge is 0.480 e. The molecule has 0 bridgehead atoms. The van der Waals surface area contributed by atoms with E-state index in [2.05, 4.69) is 17.2 Å². The van der Waals surface area contributed by atoms with Crippen LogP contribution >= 0.6 is 0 Å². The van der Waals surface area contributed by atoms with E-state index in [4.69, 9.17) is 9.84 Å². The third kappa shape index (κ3) is 5.91. The van der Waals surface area contributed by atoms with Crippen LogP contribution in [0.4, 0.5) is 4.79 Å². The summed E-state index contributed by atoms with van der Waals surface area (Å²) in [7, 11) is 0. The number of amides is 2. The number of carboxylic acid groups (broad SMARTS) is 1. The van der Waals surface area contributed by atoms with Gasteiger partial charge in [0.25, 0.3) is 0 Å². The van der Waals surface area contributed by atoms with Gasteiger partial charge in [0.2, 0.25) is 5.91 Å². The maximum Gasteiger partial charge on any atom is 0.408 e. The molecular weight excluding hydrogens is 312 g/mol. The van der Waals surface area contributed by atoms with Crippen molar-refractivity contribution in [2.45, 2.75) is 45.4 Å². The average molecular weight is 336 g/mol. The third-order valence-electron chi connectivity index (χ3n) is 3.45. The standard InChI is InChI=1S/C17H24N2O5/c1-10(2)13(15(20)18-14(11(3)4)16(21)22)19-17(23)24-12-8-6-5-7-9-12/h5-8,11-14H,1,9H2,2-4H3,(H,18,20)(H,19,23)(H,21,22). The van der Waals surface area contributed by atoms with Crippen molar-refractivity contribution in [2.75, 3.05) is 0 Å². The van der Waals surface area contributed by atoms with Gasteiger partial charge < -0.3 is 20.5 Å². The number of hydrogen-bond donors (Lipinski definition) is 3. The molecular formula is C17H24N2O5. The van der Waals surface area contributed by atoms with Crippen molar-refractivity contribution in [3.8, 4) is 0 Å². The molecule has 1 aliphatic rings. The van der Waals surface area contributed by atoms with E-state index in [1.54, 1.807) is 32.9 Å². The number of nitrogens with one attached hydrogen (secondary N) is 2. The molecule has 0 aromatic rings. The van der Waals surface area contributed by atoms with Crippen molar-refractivity contribution in [1.29, 1.82) is 0 Å². The van der Waals surface area contributed by atoms with Gasteiger partial charge >= 0.3 is 12.1 Å². The molecule has 0 heterocycles. The van der Waals surface area contributed by atoms with Crippen LogP contribution in [0.1, 0.15) is 27.2 Å². The molecule has 0 spiro atoms. The van der Waals surface area contributed by atoms with Gasteiger partial charge in [-0.15, -0.1) is 0 Å². The minimum Gasteiger partial charge on any atom is -0.480 e. The van der Waals surface area contributed by atoms with Crippen LogP contribution in [0.5, 0.6) is 0 Å². The summed E-state index contributed by atoms with van der Waals surface area (Å²) in [5.74, 6) is -2.08. The lowest BCUT2D eigenvalue weighted by Crippen LogP contribution is -2.53. The van der Waals surface area contributed by atoms with Crippen LogP contribution in [0.3, 0.4) is 0 Å². The van der Waals surface area contributed by atoms with Crippen molar-refractivity contribution in [3.05, 3.63) is 36.5 Å². The van der Waals surface area contributed by atoms with E-state index in [9.17, 15) is 14.4 Å². The lowest BCUT2D eigenvalue weighted by molar-refractivity contribution is -0.143. The Morgan fingerprint density at radius 3 is 2.38 bits per heavy atom.